The second-order valence-corrected chi connectivity index (χ2v) is 4.55. The van der Waals surface area contributed by atoms with E-state index in [1.165, 1.54) is 0 Å². The molecule has 2 aromatic rings. The molecule has 88 valence electrons. The molecule has 0 fully saturated rings. The number of pyridine rings is 1. The van der Waals surface area contributed by atoms with Crippen LogP contribution in [0.15, 0.2) is 36.5 Å². The Morgan fingerprint density at radius 1 is 1.29 bits per heavy atom. The van der Waals surface area contributed by atoms with Crippen molar-refractivity contribution in [3.8, 4) is 0 Å². The van der Waals surface area contributed by atoms with Crippen molar-refractivity contribution in [3.63, 3.8) is 0 Å². The van der Waals surface area contributed by atoms with E-state index in [0.717, 1.165) is 10.9 Å². The molecule has 1 aromatic heterocycles. The molecule has 2 rings (SSSR count). The summed E-state index contributed by atoms with van der Waals surface area (Å²) in [4.78, 5) is 16.3. The van der Waals surface area contributed by atoms with E-state index in [9.17, 15) is 4.79 Å². The first-order valence-corrected chi connectivity index (χ1v) is 5.74. The number of benzene rings is 1. The van der Waals surface area contributed by atoms with Crippen molar-refractivity contribution in [1.82, 2.24) is 4.98 Å². The van der Waals surface area contributed by atoms with Crippen LogP contribution in [-0.2, 0) is 0 Å². The molecule has 0 aliphatic heterocycles. The predicted octanol–water partition coefficient (Wildman–Crippen LogP) is 2.40. The van der Waals surface area contributed by atoms with Crippen LogP contribution in [0.1, 0.15) is 24.2 Å². The normalized spacial score (nSPS) is 12.9. The van der Waals surface area contributed by atoms with Crippen LogP contribution in [0, 0.1) is 5.92 Å². The summed E-state index contributed by atoms with van der Waals surface area (Å²) >= 11 is 0. The molecule has 3 nitrogen and oxygen atoms in total. The fourth-order valence-corrected chi connectivity index (χ4v) is 1.70. The number of nitrogens with zero attached hydrogens (tertiary/aromatic N) is 1. The topological polar surface area (TPSA) is 56.0 Å². The SMILES string of the molecule is CC(C)C(N)C(=O)c1cnc2ccccc2c1. The van der Waals surface area contributed by atoms with Crippen LogP contribution >= 0.6 is 0 Å². The maximum atomic E-state index is 12.1. The van der Waals surface area contributed by atoms with Gasteiger partial charge in [-0.15, -0.1) is 0 Å². The van der Waals surface area contributed by atoms with Crippen LogP contribution in [0.3, 0.4) is 0 Å². The molecule has 1 heterocycles. The van der Waals surface area contributed by atoms with E-state index in [2.05, 4.69) is 4.98 Å². The van der Waals surface area contributed by atoms with Gasteiger partial charge in [0.25, 0.3) is 0 Å². The molecule has 0 spiro atoms. The summed E-state index contributed by atoms with van der Waals surface area (Å²) in [5, 5.41) is 0.967. The molecule has 1 atom stereocenters. The lowest BCUT2D eigenvalue weighted by Crippen LogP contribution is -2.35. The minimum atomic E-state index is -0.460. The number of Topliss-reactive ketones (excluding diaryl/α,β-unsaturated/α-hetero) is 1. The maximum Gasteiger partial charge on any atom is 0.181 e. The van der Waals surface area contributed by atoms with Gasteiger partial charge in [-0.1, -0.05) is 32.0 Å². The standard InChI is InChI=1S/C14H16N2O/c1-9(2)13(15)14(17)11-7-10-5-3-4-6-12(10)16-8-11/h3-9,13H,15H2,1-2H3. The number of nitrogens with two attached hydrogens (primary N) is 1. The number of fused-ring (bicyclic) bond motifs is 1. The summed E-state index contributed by atoms with van der Waals surface area (Å²) in [6.07, 6.45) is 1.60. The zero-order valence-corrected chi connectivity index (χ0v) is 10.1. The highest BCUT2D eigenvalue weighted by Gasteiger charge is 2.19. The third-order valence-electron chi connectivity index (χ3n) is 2.90. The molecule has 1 aromatic carbocycles. The lowest BCUT2D eigenvalue weighted by atomic mass is 9.96. The average Bonchev–Trinajstić information content (AvgIpc) is 2.36. The second-order valence-electron chi connectivity index (χ2n) is 4.55. The van der Waals surface area contributed by atoms with Crippen molar-refractivity contribution in [3.05, 3.63) is 42.1 Å². The Balaban J connectivity index is 2.40. The van der Waals surface area contributed by atoms with E-state index in [1.807, 2.05) is 44.2 Å². The number of hydrogen-bond donors (Lipinski definition) is 1. The number of carbonyl (C=O) groups is 1. The van der Waals surface area contributed by atoms with Gasteiger partial charge in [0.15, 0.2) is 5.78 Å². The van der Waals surface area contributed by atoms with Crippen molar-refractivity contribution in [2.75, 3.05) is 0 Å². The van der Waals surface area contributed by atoms with E-state index in [-0.39, 0.29) is 11.7 Å². The minimum absolute atomic E-state index is 0.0433. The highest BCUT2D eigenvalue weighted by Crippen LogP contribution is 2.15. The molecule has 0 radical (unpaired) electrons. The molecular formula is C14H16N2O. The summed E-state index contributed by atoms with van der Waals surface area (Å²) in [6, 6.07) is 9.12. The monoisotopic (exact) mass is 228 g/mol. The van der Waals surface area contributed by atoms with E-state index in [4.69, 9.17) is 5.73 Å². The van der Waals surface area contributed by atoms with Gasteiger partial charge >= 0.3 is 0 Å². The van der Waals surface area contributed by atoms with E-state index in [0.29, 0.717) is 5.56 Å². The Morgan fingerprint density at radius 3 is 2.71 bits per heavy atom. The fourth-order valence-electron chi connectivity index (χ4n) is 1.70. The Hall–Kier alpha value is -1.74. The predicted molar refractivity (Wildman–Crippen MR) is 68.9 cm³/mol. The summed E-state index contributed by atoms with van der Waals surface area (Å²) < 4.78 is 0. The number of aromatic nitrogens is 1. The smallest absolute Gasteiger partial charge is 0.181 e. The summed E-state index contributed by atoms with van der Waals surface area (Å²) in [5.74, 6) is 0.0900. The first-order chi connectivity index (χ1) is 8.09. The molecule has 0 saturated heterocycles. The second kappa shape index (κ2) is 4.63. The molecule has 0 bridgehead atoms. The first-order valence-electron chi connectivity index (χ1n) is 5.74. The van der Waals surface area contributed by atoms with Crippen molar-refractivity contribution < 1.29 is 4.79 Å². The molecule has 0 aliphatic rings. The molecule has 0 saturated carbocycles. The number of ketones is 1. The molecule has 3 heteroatoms. The zero-order valence-electron chi connectivity index (χ0n) is 10.1. The van der Waals surface area contributed by atoms with Gasteiger partial charge < -0.3 is 5.73 Å². The quantitative estimate of drug-likeness (QED) is 0.821. The number of hydrogen-bond acceptors (Lipinski definition) is 3. The van der Waals surface area contributed by atoms with Gasteiger partial charge in [0.2, 0.25) is 0 Å². The Bertz CT molecular complexity index is 549. The van der Waals surface area contributed by atoms with Gasteiger partial charge in [-0.2, -0.15) is 0 Å². The molecule has 1 unspecified atom stereocenters. The van der Waals surface area contributed by atoms with Gasteiger partial charge in [0.05, 0.1) is 11.6 Å². The molecule has 0 aliphatic carbocycles. The van der Waals surface area contributed by atoms with Crippen LogP contribution in [-0.4, -0.2) is 16.8 Å². The maximum absolute atomic E-state index is 12.1. The van der Waals surface area contributed by atoms with Crippen LogP contribution in [0.2, 0.25) is 0 Å². The average molecular weight is 228 g/mol. The lowest BCUT2D eigenvalue weighted by Gasteiger charge is -2.14. The molecule has 0 amide bonds. The van der Waals surface area contributed by atoms with Gasteiger partial charge in [0.1, 0.15) is 0 Å². The first kappa shape index (κ1) is 11.7. The molecule has 17 heavy (non-hydrogen) atoms. The van der Waals surface area contributed by atoms with Gasteiger partial charge in [-0.3, -0.25) is 9.78 Å². The Labute approximate surface area is 101 Å². The van der Waals surface area contributed by atoms with Crippen LogP contribution < -0.4 is 5.73 Å². The minimum Gasteiger partial charge on any atom is -0.321 e. The van der Waals surface area contributed by atoms with E-state index in [1.54, 1.807) is 6.20 Å². The number of para-hydroxylation sites is 1. The third-order valence-corrected chi connectivity index (χ3v) is 2.90. The molecular weight excluding hydrogens is 212 g/mol. The third kappa shape index (κ3) is 2.34. The van der Waals surface area contributed by atoms with Gasteiger partial charge in [0, 0.05) is 17.1 Å². The van der Waals surface area contributed by atoms with Crippen molar-refractivity contribution in [1.29, 1.82) is 0 Å². The Kier molecular flexibility index (Phi) is 3.20. The summed E-state index contributed by atoms with van der Waals surface area (Å²) in [7, 11) is 0. The Morgan fingerprint density at radius 2 is 2.00 bits per heavy atom. The van der Waals surface area contributed by atoms with Crippen molar-refractivity contribution in [2.24, 2.45) is 11.7 Å². The summed E-state index contributed by atoms with van der Waals surface area (Å²) in [6.45, 7) is 3.88. The van der Waals surface area contributed by atoms with Crippen LogP contribution in [0.5, 0.6) is 0 Å². The highest BCUT2D eigenvalue weighted by molar-refractivity contribution is 6.02. The summed E-state index contributed by atoms with van der Waals surface area (Å²) in [5.41, 5.74) is 7.34. The van der Waals surface area contributed by atoms with E-state index >= 15 is 0 Å². The van der Waals surface area contributed by atoms with E-state index < -0.39 is 6.04 Å². The van der Waals surface area contributed by atoms with Gasteiger partial charge in [-0.05, 0) is 18.1 Å². The lowest BCUT2D eigenvalue weighted by molar-refractivity contribution is 0.0940. The fraction of sp³-hybridized carbons (Fsp3) is 0.286. The van der Waals surface area contributed by atoms with Crippen molar-refractivity contribution >= 4 is 16.7 Å². The zero-order chi connectivity index (χ0) is 12.4. The highest BCUT2D eigenvalue weighted by atomic mass is 16.1. The molecule has 2 N–H and O–H groups in total. The van der Waals surface area contributed by atoms with Crippen molar-refractivity contribution in [2.45, 2.75) is 19.9 Å². The largest absolute Gasteiger partial charge is 0.321 e. The van der Waals surface area contributed by atoms with Crippen LogP contribution in [0.4, 0.5) is 0 Å². The van der Waals surface area contributed by atoms with Crippen LogP contribution in [0.25, 0.3) is 10.9 Å². The van der Waals surface area contributed by atoms with Gasteiger partial charge in [-0.25, -0.2) is 0 Å². The number of rotatable bonds is 3. The number of carbonyl (C=O) groups excluding carboxylic acids is 1.